The second-order valence-corrected chi connectivity index (χ2v) is 10.1. The molecular formula is C18H16ClFN2O4S2. The van der Waals surface area contributed by atoms with Gasteiger partial charge in [0.2, 0.25) is 11.8 Å². The van der Waals surface area contributed by atoms with Crippen LogP contribution in [-0.4, -0.2) is 31.2 Å². The van der Waals surface area contributed by atoms with Crippen LogP contribution in [0.1, 0.15) is 13.3 Å². The Morgan fingerprint density at radius 2 is 2.04 bits per heavy atom. The van der Waals surface area contributed by atoms with Crippen molar-refractivity contribution in [1.29, 1.82) is 0 Å². The molecule has 0 spiro atoms. The molecule has 1 heterocycles. The van der Waals surface area contributed by atoms with Gasteiger partial charge in [0, 0.05) is 16.3 Å². The third-order valence-electron chi connectivity index (χ3n) is 4.05. The first-order chi connectivity index (χ1) is 13.2. The maximum absolute atomic E-state index is 13.7. The number of hydrogen-bond acceptors (Lipinski definition) is 5. The second-order valence-electron chi connectivity index (χ2n) is 6.15. The summed E-state index contributed by atoms with van der Waals surface area (Å²) in [5.41, 5.74) is 0.490. The van der Waals surface area contributed by atoms with Crippen LogP contribution < -0.4 is 10.6 Å². The summed E-state index contributed by atoms with van der Waals surface area (Å²) in [6, 6.07) is 8.19. The molecule has 28 heavy (non-hydrogen) atoms. The van der Waals surface area contributed by atoms with Crippen molar-refractivity contribution in [2.75, 3.05) is 16.4 Å². The number of amides is 2. The lowest BCUT2D eigenvalue weighted by atomic mass is 10.3. The van der Waals surface area contributed by atoms with Crippen molar-refractivity contribution in [1.82, 2.24) is 0 Å². The predicted octanol–water partition coefficient (Wildman–Crippen LogP) is 3.71. The van der Waals surface area contributed by atoms with Crippen LogP contribution in [0.25, 0.3) is 0 Å². The number of carbonyl (C=O) groups is 2. The first-order valence-corrected chi connectivity index (χ1v) is 11.2. The van der Waals surface area contributed by atoms with Gasteiger partial charge in [-0.25, -0.2) is 12.8 Å². The first-order valence-electron chi connectivity index (χ1n) is 8.25. The van der Waals surface area contributed by atoms with Crippen molar-refractivity contribution >= 4 is 56.4 Å². The number of benzene rings is 2. The fraction of sp³-hybridized carbons (Fsp3) is 0.222. The molecule has 1 aliphatic heterocycles. The van der Waals surface area contributed by atoms with E-state index < -0.39 is 27.3 Å². The van der Waals surface area contributed by atoms with Gasteiger partial charge >= 0.3 is 0 Å². The van der Waals surface area contributed by atoms with Crippen molar-refractivity contribution < 1.29 is 22.4 Å². The van der Waals surface area contributed by atoms with Crippen LogP contribution in [0.15, 0.2) is 46.2 Å². The van der Waals surface area contributed by atoms with Crippen LogP contribution in [0.4, 0.5) is 15.8 Å². The topological polar surface area (TPSA) is 92.3 Å². The zero-order valence-corrected chi connectivity index (χ0v) is 17.1. The van der Waals surface area contributed by atoms with E-state index in [4.69, 9.17) is 11.6 Å². The lowest BCUT2D eigenvalue weighted by molar-refractivity contribution is -0.116. The summed E-state index contributed by atoms with van der Waals surface area (Å²) < 4.78 is 38.8. The summed E-state index contributed by atoms with van der Waals surface area (Å²) in [6.07, 6.45) is -0.332. The van der Waals surface area contributed by atoms with Gasteiger partial charge in [-0.2, -0.15) is 0 Å². The molecule has 0 aliphatic carbocycles. The van der Waals surface area contributed by atoms with E-state index in [9.17, 15) is 22.4 Å². The molecule has 3 rings (SSSR count). The van der Waals surface area contributed by atoms with Gasteiger partial charge in [-0.15, -0.1) is 11.8 Å². The number of hydrogen-bond donors (Lipinski definition) is 2. The second kappa shape index (κ2) is 8.10. The minimum atomic E-state index is -3.73. The van der Waals surface area contributed by atoms with Crippen LogP contribution >= 0.6 is 23.4 Å². The number of sulfone groups is 1. The number of carbonyl (C=O) groups excluding carboxylic acids is 2. The number of anilines is 2. The van der Waals surface area contributed by atoms with E-state index in [0.29, 0.717) is 10.6 Å². The highest BCUT2D eigenvalue weighted by molar-refractivity contribution is 8.01. The maximum Gasteiger partial charge on any atom is 0.237 e. The molecule has 2 aromatic rings. The Hall–Kier alpha value is -2.10. The van der Waals surface area contributed by atoms with Crippen molar-refractivity contribution in [2.24, 2.45) is 0 Å². The minimum absolute atomic E-state index is 0.0626. The standard InChI is InChI=1S/C18H16ClFN2O4S2/c1-10-18(24)22-15-5-3-12(9-16(15)27-10)28(25,26)7-6-17(23)21-14-4-2-11(19)8-13(14)20/h2-5,8-10H,6-7H2,1H3,(H,21,23)(H,22,24). The van der Waals surface area contributed by atoms with Gasteiger partial charge in [0.1, 0.15) is 5.82 Å². The number of fused-ring (bicyclic) bond motifs is 1. The maximum atomic E-state index is 13.7. The quantitative estimate of drug-likeness (QED) is 0.736. The van der Waals surface area contributed by atoms with Crippen LogP contribution in [-0.2, 0) is 19.4 Å². The molecule has 10 heteroatoms. The Morgan fingerprint density at radius 1 is 1.29 bits per heavy atom. The molecule has 148 valence electrons. The van der Waals surface area contributed by atoms with Gasteiger partial charge in [0.05, 0.1) is 27.3 Å². The molecule has 1 atom stereocenters. The number of rotatable bonds is 5. The SMILES string of the molecule is CC1Sc2cc(S(=O)(=O)CCC(=O)Nc3ccc(Cl)cc3F)ccc2NC1=O. The fourth-order valence-corrected chi connectivity index (χ4v) is 5.01. The molecule has 0 aromatic heterocycles. The Labute approximate surface area is 170 Å². The normalized spacial score (nSPS) is 16.2. The molecule has 0 saturated heterocycles. The molecule has 0 fully saturated rings. The van der Waals surface area contributed by atoms with E-state index in [1.807, 2.05) is 0 Å². The Morgan fingerprint density at radius 3 is 2.75 bits per heavy atom. The van der Waals surface area contributed by atoms with E-state index in [1.165, 1.54) is 42.1 Å². The predicted molar refractivity (Wildman–Crippen MR) is 107 cm³/mol. The molecule has 0 radical (unpaired) electrons. The molecule has 2 amide bonds. The molecule has 6 nitrogen and oxygen atoms in total. The third kappa shape index (κ3) is 4.65. The molecule has 0 saturated carbocycles. The van der Waals surface area contributed by atoms with Crippen molar-refractivity contribution in [3.8, 4) is 0 Å². The summed E-state index contributed by atoms with van der Waals surface area (Å²) in [5.74, 6) is -1.90. The highest BCUT2D eigenvalue weighted by Crippen LogP contribution is 2.37. The van der Waals surface area contributed by atoms with Crippen LogP contribution in [0, 0.1) is 5.82 Å². The van der Waals surface area contributed by atoms with Gasteiger partial charge < -0.3 is 10.6 Å². The molecule has 0 bridgehead atoms. The summed E-state index contributed by atoms with van der Waals surface area (Å²) in [7, 11) is -3.73. The van der Waals surface area contributed by atoms with E-state index in [0.717, 1.165) is 6.07 Å². The zero-order chi connectivity index (χ0) is 20.5. The van der Waals surface area contributed by atoms with Crippen LogP contribution in [0.2, 0.25) is 5.02 Å². The largest absolute Gasteiger partial charge is 0.324 e. The highest BCUT2D eigenvalue weighted by atomic mass is 35.5. The average molecular weight is 443 g/mol. The van der Waals surface area contributed by atoms with Crippen molar-refractivity contribution in [3.63, 3.8) is 0 Å². The molecule has 1 aliphatic rings. The van der Waals surface area contributed by atoms with Gasteiger partial charge in [-0.3, -0.25) is 9.59 Å². The van der Waals surface area contributed by atoms with E-state index in [1.54, 1.807) is 6.92 Å². The van der Waals surface area contributed by atoms with Crippen molar-refractivity contribution in [3.05, 3.63) is 47.2 Å². The van der Waals surface area contributed by atoms with Gasteiger partial charge in [0.15, 0.2) is 9.84 Å². The number of thioether (sulfide) groups is 1. The van der Waals surface area contributed by atoms with Crippen LogP contribution in [0.3, 0.4) is 0 Å². The fourth-order valence-electron chi connectivity index (χ4n) is 2.52. The van der Waals surface area contributed by atoms with Gasteiger partial charge in [0.25, 0.3) is 0 Å². The first kappa shape index (κ1) is 20.6. The Balaban J connectivity index is 1.68. The molecule has 1 unspecified atom stereocenters. The highest BCUT2D eigenvalue weighted by Gasteiger charge is 2.25. The van der Waals surface area contributed by atoms with Crippen molar-refractivity contribution in [2.45, 2.75) is 28.4 Å². The van der Waals surface area contributed by atoms with E-state index in [2.05, 4.69) is 10.6 Å². The van der Waals surface area contributed by atoms with E-state index in [-0.39, 0.29) is 33.2 Å². The Bertz CT molecular complexity index is 1060. The third-order valence-corrected chi connectivity index (χ3v) is 7.15. The van der Waals surface area contributed by atoms with Gasteiger partial charge in [-0.05, 0) is 43.3 Å². The van der Waals surface area contributed by atoms with Gasteiger partial charge in [-0.1, -0.05) is 11.6 Å². The zero-order valence-electron chi connectivity index (χ0n) is 14.7. The monoisotopic (exact) mass is 442 g/mol. The summed E-state index contributed by atoms with van der Waals surface area (Å²) >= 11 is 6.92. The van der Waals surface area contributed by atoms with E-state index >= 15 is 0 Å². The lowest BCUT2D eigenvalue weighted by Crippen LogP contribution is -2.26. The molecule has 2 N–H and O–H groups in total. The number of nitrogens with one attached hydrogen (secondary N) is 2. The minimum Gasteiger partial charge on any atom is -0.324 e. The Kier molecular flexibility index (Phi) is 5.97. The smallest absolute Gasteiger partial charge is 0.237 e. The van der Waals surface area contributed by atoms with Crippen LogP contribution in [0.5, 0.6) is 0 Å². The lowest BCUT2D eigenvalue weighted by Gasteiger charge is -2.21. The summed E-state index contributed by atoms with van der Waals surface area (Å²) in [4.78, 5) is 24.4. The molecular weight excluding hydrogens is 427 g/mol. The molecule has 2 aromatic carbocycles. The summed E-state index contributed by atoms with van der Waals surface area (Å²) in [6.45, 7) is 1.73. The summed E-state index contributed by atoms with van der Waals surface area (Å²) in [5, 5.41) is 4.91. The average Bonchev–Trinajstić information content (AvgIpc) is 2.63. The number of halogens is 2.